The molecule has 2 bridgehead atoms. The fourth-order valence-corrected chi connectivity index (χ4v) is 4.54. The molecule has 2 aliphatic carbocycles. The summed E-state index contributed by atoms with van der Waals surface area (Å²) in [6.45, 7) is 7.69. The van der Waals surface area contributed by atoms with E-state index in [1.807, 2.05) is 0 Å². The van der Waals surface area contributed by atoms with Crippen molar-refractivity contribution < 1.29 is 0 Å². The van der Waals surface area contributed by atoms with Crippen LogP contribution in [0.2, 0.25) is 0 Å². The van der Waals surface area contributed by atoms with E-state index in [1.54, 1.807) is 11.1 Å². The van der Waals surface area contributed by atoms with Crippen molar-refractivity contribution in [3.8, 4) is 0 Å². The van der Waals surface area contributed by atoms with Crippen LogP contribution >= 0.6 is 12.4 Å². The van der Waals surface area contributed by atoms with E-state index in [2.05, 4.69) is 43.0 Å². The van der Waals surface area contributed by atoms with Gasteiger partial charge in [0.2, 0.25) is 0 Å². The lowest BCUT2D eigenvalue weighted by molar-refractivity contribution is 0.0284. The van der Waals surface area contributed by atoms with Crippen LogP contribution in [0, 0.1) is 11.8 Å². The Balaban J connectivity index is 0.00000121. The number of benzene rings is 1. The molecular weight excluding hydrogens is 266 g/mol. The number of fused-ring (bicyclic) bond motifs is 4. The summed E-state index contributed by atoms with van der Waals surface area (Å²) < 4.78 is 0. The Kier molecular flexibility index (Phi) is 3.63. The van der Waals surface area contributed by atoms with Gasteiger partial charge in [0.1, 0.15) is 0 Å². The number of halogens is 1. The fourth-order valence-electron chi connectivity index (χ4n) is 4.54. The maximum atomic E-state index is 2.82. The first kappa shape index (κ1) is 14.4. The maximum Gasteiger partial charge on any atom is 0.0170 e. The number of rotatable bonds is 2. The second kappa shape index (κ2) is 5.03. The largest absolute Gasteiger partial charge is 0.299 e. The summed E-state index contributed by atoms with van der Waals surface area (Å²) in [6, 6.07) is 9.99. The molecule has 1 aromatic carbocycles. The van der Waals surface area contributed by atoms with Crippen molar-refractivity contribution in [2.24, 2.45) is 11.8 Å². The van der Waals surface area contributed by atoms with Crippen molar-refractivity contribution in [3.63, 3.8) is 0 Å². The fraction of sp³-hybridized carbons (Fsp3) is 0.667. The highest BCUT2D eigenvalue weighted by molar-refractivity contribution is 5.85. The summed E-state index contributed by atoms with van der Waals surface area (Å²) in [7, 11) is 0. The van der Waals surface area contributed by atoms with E-state index < -0.39 is 0 Å². The summed E-state index contributed by atoms with van der Waals surface area (Å²) in [6.07, 6.45) is 5.57. The normalized spacial score (nSPS) is 36.1. The Morgan fingerprint density at radius 3 is 2.75 bits per heavy atom. The molecule has 4 rings (SSSR count). The zero-order chi connectivity index (χ0) is 13.0. The van der Waals surface area contributed by atoms with E-state index in [9.17, 15) is 0 Å². The molecule has 0 aromatic heterocycles. The van der Waals surface area contributed by atoms with E-state index in [4.69, 9.17) is 0 Å². The molecule has 0 unspecified atom stereocenters. The molecule has 2 fully saturated rings. The first-order chi connectivity index (χ1) is 9.18. The first-order valence-corrected chi connectivity index (χ1v) is 8.01. The monoisotopic (exact) mass is 291 g/mol. The smallest absolute Gasteiger partial charge is 0.0170 e. The topological polar surface area (TPSA) is 3.24 Å². The van der Waals surface area contributed by atoms with Crippen LogP contribution in [-0.4, -0.2) is 24.0 Å². The lowest BCUT2D eigenvalue weighted by Gasteiger charge is -2.54. The lowest BCUT2D eigenvalue weighted by Crippen LogP contribution is -2.58. The van der Waals surface area contributed by atoms with Crippen LogP contribution in [0.1, 0.15) is 44.2 Å². The van der Waals surface area contributed by atoms with Crippen LogP contribution in [0.25, 0.3) is 0 Å². The average Bonchev–Trinajstić information content (AvgIpc) is 3.21. The predicted octanol–water partition coefficient (Wildman–Crippen LogP) is 4.04. The molecule has 3 atom stereocenters. The van der Waals surface area contributed by atoms with Gasteiger partial charge in [-0.2, -0.15) is 0 Å². The summed E-state index contributed by atoms with van der Waals surface area (Å²) in [4.78, 5) is 2.82. The molecule has 20 heavy (non-hydrogen) atoms. The van der Waals surface area contributed by atoms with Crippen molar-refractivity contribution in [3.05, 3.63) is 35.4 Å². The zero-order valence-corrected chi connectivity index (χ0v) is 13.5. The highest BCUT2D eigenvalue weighted by Crippen LogP contribution is 2.49. The maximum absolute atomic E-state index is 2.82. The number of piperidine rings is 1. The minimum absolute atomic E-state index is 0. The van der Waals surface area contributed by atoms with Crippen LogP contribution < -0.4 is 0 Å². The standard InChI is InChI=1S/C18H25N.ClH/c1-13-17-11-15-5-3-4-6-16(15)18(13,2)9-10-19(17)12-14-7-8-14;/h3-6,13-14,17H,7-12H2,1-2H3;1H/t13-,17-,18-;/m1./s1. The van der Waals surface area contributed by atoms with Gasteiger partial charge in [-0.3, -0.25) is 4.90 Å². The van der Waals surface area contributed by atoms with E-state index >= 15 is 0 Å². The van der Waals surface area contributed by atoms with Crippen molar-refractivity contribution >= 4 is 12.4 Å². The van der Waals surface area contributed by atoms with Crippen LogP contribution in [0.15, 0.2) is 24.3 Å². The Labute approximate surface area is 129 Å². The quantitative estimate of drug-likeness (QED) is 0.795. The van der Waals surface area contributed by atoms with E-state index in [-0.39, 0.29) is 12.4 Å². The van der Waals surface area contributed by atoms with E-state index in [0.717, 1.165) is 17.9 Å². The van der Waals surface area contributed by atoms with Gasteiger partial charge in [-0.25, -0.2) is 0 Å². The van der Waals surface area contributed by atoms with Gasteiger partial charge in [0.05, 0.1) is 0 Å². The molecule has 0 N–H and O–H groups in total. The second-order valence-corrected chi connectivity index (χ2v) is 7.32. The van der Waals surface area contributed by atoms with Crippen LogP contribution in [0.5, 0.6) is 0 Å². The van der Waals surface area contributed by atoms with Gasteiger partial charge in [0.25, 0.3) is 0 Å². The molecular formula is C18H26ClN. The van der Waals surface area contributed by atoms with E-state index in [0.29, 0.717) is 5.41 Å². The third-order valence-electron chi connectivity index (χ3n) is 6.22. The molecule has 1 aromatic rings. The predicted molar refractivity (Wildman–Crippen MR) is 86.6 cm³/mol. The SMILES string of the molecule is C[C@@H]1[C@H]2Cc3ccccc3[C@]1(C)CCN2CC1CC1.Cl. The number of nitrogens with zero attached hydrogens (tertiary/aromatic N) is 1. The third kappa shape index (κ3) is 2.10. The van der Waals surface area contributed by atoms with E-state index in [1.165, 1.54) is 38.8 Å². The van der Waals surface area contributed by atoms with Gasteiger partial charge >= 0.3 is 0 Å². The minimum atomic E-state index is 0. The molecule has 0 spiro atoms. The third-order valence-corrected chi connectivity index (χ3v) is 6.22. The van der Waals surface area contributed by atoms with Crippen molar-refractivity contribution in [1.29, 1.82) is 0 Å². The van der Waals surface area contributed by atoms with Gasteiger partial charge in [-0.1, -0.05) is 38.1 Å². The molecule has 110 valence electrons. The van der Waals surface area contributed by atoms with Gasteiger partial charge in [0.15, 0.2) is 0 Å². The van der Waals surface area contributed by atoms with Crippen LogP contribution in [0.3, 0.4) is 0 Å². The van der Waals surface area contributed by atoms with Gasteiger partial charge in [0, 0.05) is 12.6 Å². The molecule has 0 amide bonds. The molecule has 1 saturated heterocycles. The van der Waals surface area contributed by atoms with Gasteiger partial charge in [-0.05, 0) is 60.6 Å². The Morgan fingerprint density at radius 2 is 2.00 bits per heavy atom. The summed E-state index contributed by atoms with van der Waals surface area (Å²) in [5.41, 5.74) is 3.68. The Bertz CT molecular complexity index is 496. The Morgan fingerprint density at radius 1 is 1.25 bits per heavy atom. The van der Waals surface area contributed by atoms with Gasteiger partial charge in [-0.15, -0.1) is 12.4 Å². The number of hydrogen-bond acceptors (Lipinski definition) is 1. The van der Waals surface area contributed by atoms with Crippen molar-refractivity contribution in [1.82, 2.24) is 4.90 Å². The zero-order valence-electron chi connectivity index (χ0n) is 12.6. The summed E-state index contributed by atoms with van der Waals surface area (Å²) in [5.74, 6) is 1.82. The van der Waals surface area contributed by atoms with Crippen molar-refractivity contribution in [2.75, 3.05) is 13.1 Å². The first-order valence-electron chi connectivity index (χ1n) is 8.01. The highest BCUT2D eigenvalue weighted by Gasteiger charge is 2.48. The molecule has 1 saturated carbocycles. The summed E-state index contributed by atoms with van der Waals surface area (Å²) >= 11 is 0. The molecule has 1 nitrogen and oxygen atoms in total. The highest BCUT2D eigenvalue weighted by atomic mass is 35.5. The summed E-state index contributed by atoms with van der Waals surface area (Å²) in [5, 5.41) is 0. The van der Waals surface area contributed by atoms with Crippen LogP contribution in [0.4, 0.5) is 0 Å². The second-order valence-electron chi connectivity index (χ2n) is 7.32. The lowest BCUT2D eigenvalue weighted by atomic mass is 9.59. The molecule has 1 aliphatic heterocycles. The molecule has 0 radical (unpaired) electrons. The van der Waals surface area contributed by atoms with Gasteiger partial charge < -0.3 is 0 Å². The number of hydrogen-bond donors (Lipinski definition) is 0. The van der Waals surface area contributed by atoms with Crippen LogP contribution in [-0.2, 0) is 11.8 Å². The molecule has 2 heteroatoms. The molecule has 1 heterocycles. The minimum Gasteiger partial charge on any atom is -0.299 e. The van der Waals surface area contributed by atoms with Crippen molar-refractivity contribution in [2.45, 2.75) is 51.0 Å². The Hall–Kier alpha value is -0.530. The average molecular weight is 292 g/mol. The molecule has 3 aliphatic rings. The number of likely N-dealkylation sites (tertiary alicyclic amines) is 1.